The van der Waals surface area contributed by atoms with Crippen molar-refractivity contribution in [2.75, 3.05) is 6.54 Å². The first-order chi connectivity index (χ1) is 9.29. The van der Waals surface area contributed by atoms with Crippen molar-refractivity contribution in [3.05, 3.63) is 35.4 Å². The predicted molar refractivity (Wildman–Crippen MR) is 75.2 cm³/mol. The highest BCUT2D eigenvalue weighted by atomic mass is 19.1. The van der Waals surface area contributed by atoms with Crippen molar-refractivity contribution >= 4 is 0 Å². The SMILES string of the molecule is CC1(C)CCCC(CN)(Cc2cc(F)cc(F)c2)C1O. The van der Waals surface area contributed by atoms with E-state index in [0.717, 1.165) is 25.3 Å². The van der Waals surface area contributed by atoms with Gasteiger partial charge >= 0.3 is 0 Å². The first-order valence-corrected chi connectivity index (χ1v) is 7.12. The fourth-order valence-electron chi connectivity index (χ4n) is 3.59. The number of hydrogen-bond acceptors (Lipinski definition) is 2. The summed E-state index contributed by atoms with van der Waals surface area (Å²) in [5.74, 6) is -1.17. The highest BCUT2D eigenvalue weighted by Gasteiger charge is 2.47. The zero-order valence-electron chi connectivity index (χ0n) is 12.1. The number of aliphatic hydroxyl groups excluding tert-OH is 1. The maximum atomic E-state index is 13.3. The van der Waals surface area contributed by atoms with Crippen molar-refractivity contribution in [1.82, 2.24) is 0 Å². The van der Waals surface area contributed by atoms with E-state index < -0.39 is 23.2 Å². The smallest absolute Gasteiger partial charge is 0.126 e. The van der Waals surface area contributed by atoms with Gasteiger partial charge in [0.15, 0.2) is 0 Å². The average molecular weight is 283 g/mol. The summed E-state index contributed by atoms with van der Waals surface area (Å²) < 4.78 is 26.7. The highest BCUT2D eigenvalue weighted by Crippen LogP contribution is 2.47. The molecule has 2 rings (SSSR count). The molecule has 3 N–H and O–H groups in total. The molecule has 2 nitrogen and oxygen atoms in total. The lowest BCUT2D eigenvalue weighted by molar-refractivity contribution is -0.0885. The first kappa shape index (κ1) is 15.4. The van der Waals surface area contributed by atoms with Crippen molar-refractivity contribution in [1.29, 1.82) is 0 Å². The van der Waals surface area contributed by atoms with E-state index >= 15 is 0 Å². The number of benzene rings is 1. The lowest BCUT2D eigenvalue weighted by Gasteiger charge is -2.49. The molecule has 0 aliphatic heterocycles. The number of nitrogens with two attached hydrogens (primary N) is 1. The summed E-state index contributed by atoms with van der Waals surface area (Å²) in [4.78, 5) is 0. The molecule has 0 heterocycles. The largest absolute Gasteiger partial charge is 0.392 e. The molecule has 2 atom stereocenters. The molecule has 1 aromatic carbocycles. The number of hydrogen-bond donors (Lipinski definition) is 2. The van der Waals surface area contributed by atoms with Crippen LogP contribution in [-0.4, -0.2) is 17.8 Å². The standard InChI is InChI=1S/C16H23F2NO/c1-15(2)4-3-5-16(10-19,14(15)20)9-11-6-12(17)8-13(18)7-11/h6-8,14,20H,3-5,9-10,19H2,1-2H3. The summed E-state index contributed by atoms with van der Waals surface area (Å²) in [5.41, 5.74) is 5.77. The van der Waals surface area contributed by atoms with E-state index in [9.17, 15) is 13.9 Å². The average Bonchev–Trinajstić information content (AvgIpc) is 2.34. The lowest BCUT2D eigenvalue weighted by Crippen LogP contribution is -2.53. The first-order valence-electron chi connectivity index (χ1n) is 7.12. The lowest BCUT2D eigenvalue weighted by atomic mass is 9.59. The molecule has 0 amide bonds. The van der Waals surface area contributed by atoms with Crippen LogP contribution in [0.2, 0.25) is 0 Å². The molecular formula is C16H23F2NO. The Morgan fingerprint density at radius 1 is 1.20 bits per heavy atom. The summed E-state index contributed by atoms with van der Waals surface area (Å²) in [5, 5.41) is 10.7. The molecule has 112 valence electrons. The van der Waals surface area contributed by atoms with Gasteiger partial charge in [0.2, 0.25) is 0 Å². The van der Waals surface area contributed by atoms with Crippen LogP contribution in [0, 0.1) is 22.5 Å². The second-order valence-corrected chi connectivity index (χ2v) is 6.77. The third-order valence-electron chi connectivity index (χ3n) is 4.70. The van der Waals surface area contributed by atoms with Crippen LogP contribution in [0.25, 0.3) is 0 Å². The van der Waals surface area contributed by atoms with Gasteiger partial charge in [0.05, 0.1) is 6.10 Å². The molecule has 1 fully saturated rings. The molecule has 20 heavy (non-hydrogen) atoms. The molecule has 1 aromatic rings. The van der Waals surface area contributed by atoms with Crippen LogP contribution < -0.4 is 5.73 Å². The molecule has 0 saturated heterocycles. The summed E-state index contributed by atoms with van der Waals surface area (Å²) in [6, 6.07) is 3.52. The molecule has 0 spiro atoms. The van der Waals surface area contributed by atoms with E-state index in [0.29, 0.717) is 18.5 Å². The summed E-state index contributed by atoms with van der Waals surface area (Å²) in [7, 11) is 0. The van der Waals surface area contributed by atoms with Crippen molar-refractivity contribution in [3.63, 3.8) is 0 Å². The third-order valence-corrected chi connectivity index (χ3v) is 4.70. The van der Waals surface area contributed by atoms with E-state index in [1.807, 2.05) is 13.8 Å². The van der Waals surface area contributed by atoms with Crippen LogP contribution in [0.15, 0.2) is 18.2 Å². The van der Waals surface area contributed by atoms with Gasteiger partial charge < -0.3 is 10.8 Å². The molecule has 0 aromatic heterocycles. The van der Waals surface area contributed by atoms with Crippen molar-refractivity contribution < 1.29 is 13.9 Å². The molecule has 1 aliphatic rings. The Morgan fingerprint density at radius 2 is 1.80 bits per heavy atom. The molecule has 4 heteroatoms. The maximum Gasteiger partial charge on any atom is 0.126 e. The van der Waals surface area contributed by atoms with Gasteiger partial charge in [-0.05, 0) is 42.4 Å². The second-order valence-electron chi connectivity index (χ2n) is 6.77. The van der Waals surface area contributed by atoms with Crippen LogP contribution in [0.5, 0.6) is 0 Å². The van der Waals surface area contributed by atoms with Crippen molar-refractivity contribution in [3.8, 4) is 0 Å². The molecule has 2 unspecified atom stereocenters. The van der Waals surface area contributed by atoms with Gasteiger partial charge in [-0.15, -0.1) is 0 Å². The zero-order valence-corrected chi connectivity index (χ0v) is 12.1. The van der Waals surface area contributed by atoms with Gasteiger partial charge in [-0.3, -0.25) is 0 Å². The molecule has 1 saturated carbocycles. The van der Waals surface area contributed by atoms with Gasteiger partial charge in [-0.25, -0.2) is 8.78 Å². The highest BCUT2D eigenvalue weighted by molar-refractivity contribution is 5.21. The van der Waals surface area contributed by atoms with Crippen LogP contribution in [0.4, 0.5) is 8.78 Å². The van der Waals surface area contributed by atoms with Gasteiger partial charge in [-0.1, -0.05) is 20.3 Å². The molecule has 1 aliphatic carbocycles. The van der Waals surface area contributed by atoms with E-state index in [1.165, 1.54) is 12.1 Å². The molecule has 0 radical (unpaired) electrons. The fourth-order valence-corrected chi connectivity index (χ4v) is 3.59. The van der Waals surface area contributed by atoms with Crippen molar-refractivity contribution in [2.45, 2.75) is 45.6 Å². The zero-order chi connectivity index (χ0) is 15.0. The van der Waals surface area contributed by atoms with Gasteiger partial charge in [0.1, 0.15) is 11.6 Å². The van der Waals surface area contributed by atoms with Gasteiger partial charge in [0.25, 0.3) is 0 Å². The Balaban J connectivity index is 2.31. The van der Waals surface area contributed by atoms with E-state index in [2.05, 4.69) is 0 Å². The summed E-state index contributed by atoms with van der Waals surface area (Å²) in [6.45, 7) is 4.36. The Morgan fingerprint density at radius 3 is 2.35 bits per heavy atom. The minimum Gasteiger partial charge on any atom is -0.392 e. The minimum atomic E-state index is -0.586. The third kappa shape index (κ3) is 2.86. The Hall–Kier alpha value is -1.00. The Kier molecular flexibility index (Phi) is 4.17. The molecule has 0 bridgehead atoms. The monoisotopic (exact) mass is 283 g/mol. The van der Waals surface area contributed by atoms with Crippen LogP contribution in [0.3, 0.4) is 0 Å². The Labute approximate surface area is 119 Å². The Bertz CT molecular complexity index is 469. The summed E-state index contributed by atoms with van der Waals surface area (Å²) >= 11 is 0. The predicted octanol–water partition coefficient (Wildman–Crippen LogP) is 3.02. The number of rotatable bonds is 3. The van der Waals surface area contributed by atoms with Crippen LogP contribution in [0.1, 0.15) is 38.7 Å². The van der Waals surface area contributed by atoms with Crippen LogP contribution >= 0.6 is 0 Å². The van der Waals surface area contributed by atoms with Gasteiger partial charge in [0, 0.05) is 18.0 Å². The van der Waals surface area contributed by atoms with Crippen molar-refractivity contribution in [2.24, 2.45) is 16.6 Å². The maximum absolute atomic E-state index is 13.3. The number of aliphatic hydroxyl groups is 1. The molecular weight excluding hydrogens is 260 g/mol. The normalized spacial score (nSPS) is 29.4. The minimum absolute atomic E-state index is 0.219. The second kappa shape index (κ2) is 5.41. The van der Waals surface area contributed by atoms with E-state index in [4.69, 9.17) is 5.73 Å². The van der Waals surface area contributed by atoms with E-state index in [-0.39, 0.29) is 5.41 Å². The fraction of sp³-hybridized carbons (Fsp3) is 0.625. The van der Waals surface area contributed by atoms with Crippen LogP contribution in [-0.2, 0) is 6.42 Å². The van der Waals surface area contributed by atoms with E-state index in [1.54, 1.807) is 0 Å². The quantitative estimate of drug-likeness (QED) is 0.895. The van der Waals surface area contributed by atoms with Gasteiger partial charge in [-0.2, -0.15) is 0 Å². The number of halogens is 2. The topological polar surface area (TPSA) is 46.2 Å². The summed E-state index contributed by atoms with van der Waals surface area (Å²) in [6.07, 6.45) is 2.53.